The van der Waals surface area contributed by atoms with E-state index >= 15 is 0 Å². The molecule has 1 aromatic carbocycles. The van der Waals surface area contributed by atoms with Crippen molar-refractivity contribution in [1.29, 1.82) is 0 Å². The summed E-state index contributed by atoms with van der Waals surface area (Å²) in [7, 11) is 3.82. The van der Waals surface area contributed by atoms with E-state index in [9.17, 15) is 0 Å². The number of ether oxygens (including phenoxy) is 1. The van der Waals surface area contributed by atoms with Crippen molar-refractivity contribution in [2.24, 2.45) is 0 Å². The standard InChI is InChI=1S/C20H28N4O/c1-16-10-12-21-20(22-16)23(2)18-5-4-13-24(15-18)14-11-17-6-8-19(25-3)9-7-17/h6-10,12,18H,4-5,11,13-15H2,1-3H3. The zero-order valence-corrected chi connectivity index (χ0v) is 15.5. The lowest BCUT2D eigenvalue weighted by Crippen LogP contribution is -2.47. The zero-order chi connectivity index (χ0) is 17.6. The second-order valence-electron chi connectivity index (χ2n) is 6.80. The molecule has 0 spiro atoms. The van der Waals surface area contributed by atoms with Gasteiger partial charge in [0.25, 0.3) is 0 Å². The van der Waals surface area contributed by atoms with Gasteiger partial charge in [0.15, 0.2) is 0 Å². The normalized spacial score (nSPS) is 18.1. The molecule has 5 nitrogen and oxygen atoms in total. The third kappa shape index (κ3) is 4.69. The lowest BCUT2D eigenvalue weighted by molar-refractivity contribution is 0.208. The number of aromatic nitrogens is 2. The van der Waals surface area contributed by atoms with Crippen LogP contribution in [0.3, 0.4) is 0 Å². The van der Waals surface area contributed by atoms with Crippen LogP contribution in [0.25, 0.3) is 0 Å². The highest BCUT2D eigenvalue weighted by Gasteiger charge is 2.24. The van der Waals surface area contributed by atoms with Crippen molar-refractivity contribution in [3.63, 3.8) is 0 Å². The summed E-state index contributed by atoms with van der Waals surface area (Å²) in [4.78, 5) is 13.8. The smallest absolute Gasteiger partial charge is 0.225 e. The number of aryl methyl sites for hydroxylation is 1. The minimum atomic E-state index is 0.478. The maximum absolute atomic E-state index is 5.23. The zero-order valence-electron chi connectivity index (χ0n) is 15.5. The molecule has 1 atom stereocenters. The first-order chi connectivity index (χ1) is 12.2. The van der Waals surface area contributed by atoms with Gasteiger partial charge >= 0.3 is 0 Å². The van der Waals surface area contributed by atoms with E-state index in [1.807, 2.05) is 31.3 Å². The van der Waals surface area contributed by atoms with Gasteiger partial charge in [0, 0.05) is 38.1 Å². The molecule has 134 valence electrons. The number of methoxy groups -OCH3 is 1. The van der Waals surface area contributed by atoms with E-state index in [0.717, 1.165) is 36.9 Å². The SMILES string of the molecule is COc1ccc(CCN2CCCC(N(C)c3nccc(C)n3)C2)cc1. The van der Waals surface area contributed by atoms with Crippen molar-refractivity contribution in [3.8, 4) is 5.75 Å². The Bertz CT molecular complexity index is 674. The molecule has 3 rings (SSSR count). The van der Waals surface area contributed by atoms with Crippen LogP contribution in [0.4, 0.5) is 5.95 Å². The van der Waals surface area contributed by atoms with Crippen LogP contribution in [-0.4, -0.2) is 54.7 Å². The number of likely N-dealkylation sites (tertiary alicyclic amines) is 1. The average molecular weight is 340 g/mol. The van der Waals surface area contributed by atoms with Crippen LogP contribution in [0, 0.1) is 6.92 Å². The van der Waals surface area contributed by atoms with Gasteiger partial charge in [-0.2, -0.15) is 0 Å². The molecule has 0 amide bonds. The van der Waals surface area contributed by atoms with Gasteiger partial charge in [-0.25, -0.2) is 9.97 Å². The average Bonchev–Trinajstić information content (AvgIpc) is 2.66. The number of nitrogens with zero attached hydrogens (tertiary/aromatic N) is 4. The lowest BCUT2D eigenvalue weighted by atomic mass is 10.0. The van der Waals surface area contributed by atoms with Crippen LogP contribution >= 0.6 is 0 Å². The van der Waals surface area contributed by atoms with Crippen LogP contribution < -0.4 is 9.64 Å². The topological polar surface area (TPSA) is 41.5 Å². The first-order valence-corrected chi connectivity index (χ1v) is 9.03. The summed E-state index contributed by atoms with van der Waals surface area (Å²) in [5, 5.41) is 0. The highest BCUT2D eigenvalue weighted by atomic mass is 16.5. The number of piperidine rings is 1. The number of rotatable bonds is 6. The molecular formula is C20H28N4O. The van der Waals surface area contributed by atoms with Crippen LogP contribution in [0.2, 0.25) is 0 Å². The summed E-state index contributed by atoms with van der Waals surface area (Å²) in [5.41, 5.74) is 2.38. The molecule has 1 unspecified atom stereocenters. The predicted octanol–water partition coefficient (Wildman–Crippen LogP) is 2.94. The molecule has 0 aliphatic carbocycles. The molecule has 5 heteroatoms. The van der Waals surface area contributed by atoms with Crippen LogP contribution in [-0.2, 0) is 6.42 Å². The molecule has 1 saturated heterocycles. The molecule has 1 aromatic heterocycles. The quantitative estimate of drug-likeness (QED) is 0.809. The summed E-state index contributed by atoms with van der Waals surface area (Å²) in [6, 6.07) is 10.8. The Balaban J connectivity index is 1.55. The van der Waals surface area contributed by atoms with Crippen molar-refractivity contribution >= 4 is 5.95 Å². The van der Waals surface area contributed by atoms with Crippen molar-refractivity contribution in [1.82, 2.24) is 14.9 Å². The molecule has 2 heterocycles. The Labute approximate surface area is 150 Å². The molecule has 1 aliphatic rings. The number of hydrogen-bond acceptors (Lipinski definition) is 5. The first kappa shape index (κ1) is 17.7. The number of benzene rings is 1. The second kappa shape index (κ2) is 8.30. The Morgan fingerprint density at radius 2 is 2.04 bits per heavy atom. The summed E-state index contributed by atoms with van der Waals surface area (Å²) in [5.74, 6) is 1.75. The van der Waals surface area contributed by atoms with Crippen molar-refractivity contribution in [3.05, 3.63) is 47.8 Å². The molecule has 0 saturated carbocycles. The largest absolute Gasteiger partial charge is 0.497 e. The fraction of sp³-hybridized carbons (Fsp3) is 0.500. The Hall–Kier alpha value is -2.14. The van der Waals surface area contributed by atoms with Crippen molar-refractivity contribution < 1.29 is 4.74 Å². The van der Waals surface area contributed by atoms with Crippen molar-refractivity contribution in [2.45, 2.75) is 32.2 Å². The Kier molecular flexibility index (Phi) is 5.87. The van der Waals surface area contributed by atoms with Gasteiger partial charge < -0.3 is 14.5 Å². The summed E-state index contributed by atoms with van der Waals surface area (Å²) >= 11 is 0. The third-order valence-corrected chi connectivity index (χ3v) is 5.00. The highest BCUT2D eigenvalue weighted by molar-refractivity contribution is 5.31. The van der Waals surface area contributed by atoms with Gasteiger partial charge in [-0.05, 0) is 56.5 Å². The van der Waals surface area contributed by atoms with E-state index in [2.05, 4.69) is 38.9 Å². The highest BCUT2D eigenvalue weighted by Crippen LogP contribution is 2.19. The van der Waals surface area contributed by atoms with Gasteiger partial charge in [0.05, 0.1) is 7.11 Å². The monoisotopic (exact) mass is 340 g/mol. The fourth-order valence-corrected chi connectivity index (χ4v) is 3.40. The van der Waals surface area contributed by atoms with E-state index in [0.29, 0.717) is 6.04 Å². The molecule has 0 N–H and O–H groups in total. The van der Waals surface area contributed by atoms with Crippen LogP contribution in [0.1, 0.15) is 24.1 Å². The van der Waals surface area contributed by atoms with Gasteiger partial charge in [-0.15, -0.1) is 0 Å². The van der Waals surface area contributed by atoms with Gasteiger partial charge in [0.2, 0.25) is 5.95 Å². The van der Waals surface area contributed by atoms with E-state index in [-0.39, 0.29) is 0 Å². The Morgan fingerprint density at radius 3 is 2.76 bits per heavy atom. The van der Waals surface area contributed by atoms with Crippen LogP contribution in [0.5, 0.6) is 5.75 Å². The maximum atomic E-state index is 5.23. The van der Waals surface area contributed by atoms with Crippen LogP contribution in [0.15, 0.2) is 36.5 Å². The van der Waals surface area contributed by atoms with Gasteiger partial charge in [-0.3, -0.25) is 0 Å². The third-order valence-electron chi connectivity index (χ3n) is 5.00. The van der Waals surface area contributed by atoms with Gasteiger partial charge in [0.1, 0.15) is 5.75 Å². The Morgan fingerprint density at radius 1 is 1.24 bits per heavy atom. The molecule has 1 aliphatic heterocycles. The first-order valence-electron chi connectivity index (χ1n) is 9.03. The summed E-state index contributed by atoms with van der Waals surface area (Å²) < 4.78 is 5.23. The molecule has 25 heavy (non-hydrogen) atoms. The van der Waals surface area contributed by atoms with E-state index in [4.69, 9.17) is 4.74 Å². The molecule has 1 fully saturated rings. The summed E-state index contributed by atoms with van der Waals surface area (Å²) in [6.45, 7) is 5.35. The van der Waals surface area contributed by atoms with E-state index in [1.54, 1.807) is 7.11 Å². The molecule has 0 bridgehead atoms. The fourth-order valence-electron chi connectivity index (χ4n) is 3.40. The minimum absolute atomic E-state index is 0.478. The minimum Gasteiger partial charge on any atom is -0.497 e. The summed E-state index contributed by atoms with van der Waals surface area (Å²) in [6.07, 6.45) is 5.34. The van der Waals surface area contributed by atoms with E-state index < -0.39 is 0 Å². The van der Waals surface area contributed by atoms with Gasteiger partial charge in [-0.1, -0.05) is 12.1 Å². The number of hydrogen-bond donors (Lipinski definition) is 0. The molecule has 2 aromatic rings. The predicted molar refractivity (Wildman–Crippen MR) is 101 cm³/mol. The van der Waals surface area contributed by atoms with E-state index in [1.165, 1.54) is 24.9 Å². The van der Waals surface area contributed by atoms with Crippen molar-refractivity contribution in [2.75, 3.05) is 38.7 Å². The number of likely N-dealkylation sites (N-methyl/N-ethyl adjacent to an activating group) is 1. The maximum Gasteiger partial charge on any atom is 0.225 e. The second-order valence-corrected chi connectivity index (χ2v) is 6.80. The number of anilines is 1. The lowest BCUT2D eigenvalue weighted by Gasteiger charge is -2.37. The molecule has 0 radical (unpaired) electrons. The molecular weight excluding hydrogens is 312 g/mol.